The van der Waals surface area contributed by atoms with Crippen molar-refractivity contribution >= 4 is 62.2 Å². The highest BCUT2D eigenvalue weighted by Gasteiger charge is 2.42. The molecule has 0 aromatic heterocycles. The summed E-state index contributed by atoms with van der Waals surface area (Å²) >= 11 is 9.76. The Hall–Kier alpha value is -1.18. The molecule has 1 aromatic carbocycles. The molecule has 1 amide bonds. The molecule has 1 heterocycles. The fourth-order valence-electron chi connectivity index (χ4n) is 2.26. The van der Waals surface area contributed by atoms with Crippen molar-refractivity contribution in [3.63, 3.8) is 0 Å². The summed E-state index contributed by atoms with van der Waals surface area (Å²) < 4.78 is 1.25. The number of hydrogen-bond donors (Lipinski definition) is 1. The Morgan fingerprint density at radius 1 is 1.43 bits per heavy atom. The van der Waals surface area contributed by atoms with Crippen LogP contribution >= 0.6 is 39.9 Å². The molecule has 1 aliphatic rings. The molecule has 2 atom stereocenters. The normalized spacial score (nSPS) is 19.3. The Bertz CT molecular complexity index is 672. The third kappa shape index (κ3) is 4.02. The molecule has 1 aliphatic heterocycles. The highest BCUT2D eigenvalue weighted by atomic mass is 79.9. The number of rotatable bonds is 5. The number of amides is 1. The van der Waals surface area contributed by atoms with E-state index in [-0.39, 0.29) is 11.8 Å². The maximum Gasteiger partial charge on any atom is 0.327 e. The second-order valence-electron chi connectivity index (χ2n) is 5.27. The third-order valence-electron chi connectivity index (χ3n) is 3.71. The highest BCUT2D eigenvalue weighted by molar-refractivity contribution is 9.10. The van der Waals surface area contributed by atoms with Crippen LogP contribution in [0, 0.1) is 5.92 Å². The molecule has 7 heteroatoms. The molecule has 23 heavy (non-hydrogen) atoms. The average molecular weight is 414 g/mol. The minimum Gasteiger partial charge on any atom is -0.480 e. The summed E-state index contributed by atoms with van der Waals surface area (Å²) in [6.07, 6.45) is 2.39. The van der Waals surface area contributed by atoms with Crippen LogP contribution < -0.4 is 0 Å². The predicted octanol–water partition coefficient (Wildman–Crippen LogP) is 4.15. The van der Waals surface area contributed by atoms with Gasteiger partial charge in [0, 0.05) is 4.47 Å². The lowest BCUT2D eigenvalue weighted by molar-refractivity contribution is -0.147. The van der Waals surface area contributed by atoms with Gasteiger partial charge in [0.05, 0.1) is 4.91 Å². The molecule has 0 aliphatic carbocycles. The molecule has 0 unspecified atom stereocenters. The van der Waals surface area contributed by atoms with E-state index in [4.69, 9.17) is 12.2 Å². The van der Waals surface area contributed by atoms with Crippen LogP contribution in [0.3, 0.4) is 0 Å². The average Bonchev–Trinajstić information content (AvgIpc) is 2.77. The number of hydrogen-bond acceptors (Lipinski definition) is 4. The van der Waals surface area contributed by atoms with Crippen molar-refractivity contribution in [1.82, 2.24) is 4.90 Å². The molecule has 1 saturated heterocycles. The van der Waals surface area contributed by atoms with E-state index in [0.717, 1.165) is 21.8 Å². The zero-order valence-corrected chi connectivity index (χ0v) is 15.9. The number of nitrogens with zero attached hydrogens (tertiary/aromatic N) is 1. The first kappa shape index (κ1) is 18.2. The summed E-state index contributed by atoms with van der Waals surface area (Å²) in [5, 5.41) is 9.49. The van der Waals surface area contributed by atoms with Crippen molar-refractivity contribution < 1.29 is 14.7 Å². The van der Waals surface area contributed by atoms with Crippen LogP contribution in [0.4, 0.5) is 0 Å². The number of carboxylic acid groups (broad SMARTS) is 1. The fourth-order valence-corrected chi connectivity index (χ4v) is 3.86. The number of benzene rings is 1. The van der Waals surface area contributed by atoms with Crippen molar-refractivity contribution in [3.8, 4) is 0 Å². The maximum atomic E-state index is 12.6. The van der Waals surface area contributed by atoms with E-state index in [1.54, 1.807) is 6.08 Å². The number of carbonyl (C=O) groups excluding carboxylic acids is 1. The van der Waals surface area contributed by atoms with Crippen LogP contribution in [0.5, 0.6) is 0 Å². The predicted molar refractivity (Wildman–Crippen MR) is 100 cm³/mol. The number of thiocarbonyl (C=S) groups is 1. The van der Waals surface area contributed by atoms with Gasteiger partial charge in [-0.15, -0.1) is 0 Å². The van der Waals surface area contributed by atoms with Crippen LogP contribution in [-0.4, -0.2) is 32.2 Å². The Kier molecular flexibility index (Phi) is 6.00. The number of carbonyl (C=O) groups is 2. The molecule has 0 saturated carbocycles. The molecular weight excluding hydrogens is 398 g/mol. The van der Waals surface area contributed by atoms with Gasteiger partial charge in [0.15, 0.2) is 0 Å². The van der Waals surface area contributed by atoms with Crippen LogP contribution in [-0.2, 0) is 9.59 Å². The monoisotopic (exact) mass is 413 g/mol. The van der Waals surface area contributed by atoms with Crippen LogP contribution in [0.2, 0.25) is 0 Å². The fraction of sp³-hybridized carbons (Fsp3) is 0.312. The SMILES string of the molecule is CC[C@H](C)[C@H](C(=O)O)N1C(=O)/C(=C/c2ccc(Br)cc2)SC1=S. The molecule has 4 nitrogen and oxygen atoms in total. The largest absolute Gasteiger partial charge is 0.480 e. The van der Waals surface area contributed by atoms with E-state index in [1.807, 2.05) is 38.1 Å². The van der Waals surface area contributed by atoms with Gasteiger partial charge in [-0.25, -0.2) is 4.79 Å². The Labute approximate surface area is 153 Å². The molecular formula is C16H16BrNO3S2. The molecule has 122 valence electrons. The van der Waals surface area contributed by atoms with E-state index in [0.29, 0.717) is 15.6 Å². The summed E-state index contributed by atoms with van der Waals surface area (Å²) in [4.78, 5) is 25.9. The smallest absolute Gasteiger partial charge is 0.327 e. The number of thioether (sulfide) groups is 1. The summed E-state index contributed by atoms with van der Waals surface area (Å²) in [5.41, 5.74) is 0.865. The molecule has 1 aromatic rings. The Morgan fingerprint density at radius 3 is 2.57 bits per heavy atom. The van der Waals surface area contributed by atoms with E-state index in [9.17, 15) is 14.7 Å². The Balaban J connectivity index is 2.32. The van der Waals surface area contributed by atoms with Crippen molar-refractivity contribution in [2.75, 3.05) is 0 Å². The van der Waals surface area contributed by atoms with Gasteiger partial charge in [-0.3, -0.25) is 9.69 Å². The van der Waals surface area contributed by atoms with Crippen molar-refractivity contribution in [2.24, 2.45) is 5.92 Å². The first-order valence-electron chi connectivity index (χ1n) is 7.10. The van der Waals surface area contributed by atoms with E-state index in [1.165, 1.54) is 4.90 Å². The molecule has 0 bridgehead atoms. The quantitative estimate of drug-likeness (QED) is 0.580. The molecule has 1 N–H and O–H groups in total. The van der Waals surface area contributed by atoms with Crippen LogP contribution in [0.15, 0.2) is 33.6 Å². The molecule has 2 rings (SSSR count). The van der Waals surface area contributed by atoms with Gasteiger partial charge < -0.3 is 5.11 Å². The topological polar surface area (TPSA) is 57.6 Å². The zero-order valence-electron chi connectivity index (χ0n) is 12.7. The second-order valence-corrected chi connectivity index (χ2v) is 7.86. The molecule has 0 radical (unpaired) electrons. The molecule has 1 fully saturated rings. The highest BCUT2D eigenvalue weighted by Crippen LogP contribution is 2.36. The lowest BCUT2D eigenvalue weighted by Gasteiger charge is -2.27. The lowest BCUT2D eigenvalue weighted by Crippen LogP contribution is -2.47. The van der Waals surface area contributed by atoms with E-state index < -0.39 is 12.0 Å². The first-order chi connectivity index (χ1) is 10.8. The zero-order chi connectivity index (χ0) is 17.1. The first-order valence-corrected chi connectivity index (χ1v) is 9.12. The van der Waals surface area contributed by atoms with Crippen molar-refractivity contribution in [1.29, 1.82) is 0 Å². The van der Waals surface area contributed by atoms with Gasteiger partial charge in [0.25, 0.3) is 5.91 Å². The van der Waals surface area contributed by atoms with Gasteiger partial charge in [0.2, 0.25) is 0 Å². The van der Waals surface area contributed by atoms with Crippen molar-refractivity contribution in [3.05, 3.63) is 39.2 Å². The molecule has 0 spiro atoms. The van der Waals surface area contributed by atoms with Crippen LogP contribution in [0.1, 0.15) is 25.8 Å². The maximum absolute atomic E-state index is 12.6. The van der Waals surface area contributed by atoms with E-state index >= 15 is 0 Å². The summed E-state index contributed by atoms with van der Waals surface area (Å²) in [7, 11) is 0. The minimum absolute atomic E-state index is 0.179. The van der Waals surface area contributed by atoms with Gasteiger partial charge in [-0.1, -0.05) is 72.3 Å². The Morgan fingerprint density at radius 2 is 2.04 bits per heavy atom. The van der Waals surface area contributed by atoms with Gasteiger partial charge in [-0.05, 0) is 29.7 Å². The number of aliphatic carboxylic acids is 1. The van der Waals surface area contributed by atoms with E-state index in [2.05, 4.69) is 15.9 Å². The standard InChI is InChI=1S/C16H16BrNO3S2/c1-3-9(2)13(15(20)21)18-14(19)12(23-16(18)22)8-10-4-6-11(17)7-5-10/h4-9,13H,3H2,1-2H3,(H,20,21)/b12-8-/t9-,13+/m0/s1. The third-order valence-corrected chi connectivity index (χ3v) is 5.56. The lowest BCUT2D eigenvalue weighted by atomic mass is 9.98. The summed E-state index contributed by atoms with van der Waals surface area (Å²) in [5.74, 6) is -1.54. The van der Waals surface area contributed by atoms with Gasteiger partial charge in [-0.2, -0.15) is 0 Å². The minimum atomic E-state index is -1.03. The van der Waals surface area contributed by atoms with Crippen LogP contribution in [0.25, 0.3) is 6.08 Å². The summed E-state index contributed by atoms with van der Waals surface area (Å²) in [6.45, 7) is 3.71. The van der Waals surface area contributed by atoms with Crippen molar-refractivity contribution in [2.45, 2.75) is 26.3 Å². The van der Waals surface area contributed by atoms with Gasteiger partial charge in [0.1, 0.15) is 10.4 Å². The van der Waals surface area contributed by atoms with Gasteiger partial charge >= 0.3 is 5.97 Å². The number of halogens is 1. The number of carboxylic acids is 1. The summed E-state index contributed by atoms with van der Waals surface area (Å²) in [6, 6.07) is 6.58. The second kappa shape index (κ2) is 7.59.